The van der Waals surface area contributed by atoms with Gasteiger partial charge in [0, 0.05) is 10.9 Å². The van der Waals surface area contributed by atoms with Crippen LogP contribution in [0.3, 0.4) is 0 Å². The number of aryl methyl sites for hydroxylation is 2. The van der Waals surface area contributed by atoms with E-state index in [9.17, 15) is 9.59 Å². The summed E-state index contributed by atoms with van der Waals surface area (Å²) in [6.07, 6.45) is 3.11. The van der Waals surface area contributed by atoms with Gasteiger partial charge in [0.1, 0.15) is 6.54 Å². The van der Waals surface area contributed by atoms with Crippen molar-refractivity contribution in [2.45, 2.75) is 39.2 Å². The summed E-state index contributed by atoms with van der Waals surface area (Å²) >= 11 is 1.48. The lowest BCUT2D eigenvalue weighted by Crippen LogP contribution is -2.43. The number of carbonyl (C=O) groups excluding carboxylic acids is 1. The van der Waals surface area contributed by atoms with E-state index in [0.717, 1.165) is 25.0 Å². The van der Waals surface area contributed by atoms with Crippen molar-refractivity contribution < 1.29 is 14.7 Å². The predicted molar refractivity (Wildman–Crippen MR) is 72.6 cm³/mol. The Balaban J connectivity index is 2.03. The van der Waals surface area contributed by atoms with Crippen molar-refractivity contribution >= 4 is 28.5 Å². The molecule has 7 heteroatoms. The number of carboxylic acid groups (broad SMARTS) is 1. The zero-order chi connectivity index (χ0) is 14.0. The second-order valence-corrected chi connectivity index (χ2v) is 5.87. The van der Waals surface area contributed by atoms with Gasteiger partial charge in [0.05, 0.1) is 5.69 Å². The number of carboxylic acids is 1. The van der Waals surface area contributed by atoms with Gasteiger partial charge in [0.25, 0.3) is 0 Å². The van der Waals surface area contributed by atoms with E-state index >= 15 is 0 Å². The van der Waals surface area contributed by atoms with Crippen LogP contribution >= 0.6 is 11.3 Å². The van der Waals surface area contributed by atoms with Gasteiger partial charge in [-0.15, -0.1) is 11.3 Å². The van der Waals surface area contributed by atoms with Crippen molar-refractivity contribution in [2.24, 2.45) is 0 Å². The first kappa shape index (κ1) is 13.8. The third kappa shape index (κ3) is 3.23. The van der Waals surface area contributed by atoms with E-state index in [1.165, 1.54) is 21.1 Å². The molecule has 1 heterocycles. The first-order valence-electron chi connectivity index (χ1n) is 6.25. The summed E-state index contributed by atoms with van der Waals surface area (Å²) in [7, 11) is 0. The maximum absolute atomic E-state index is 12.0. The van der Waals surface area contributed by atoms with Crippen molar-refractivity contribution in [1.29, 1.82) is 0 Å². The number of thiazole rings is 1. The molecule has 0 spiro atoms. The van der Waals surface area contributed by atoms with Gasteiger partial charge in [0.2, 0.25) is 0 Å². The molecular weight excluding hydrogens is 266 g/mol. The Bertz CT molecular complexity index is 477. The van der Waals surface area contributed by atoms with Crippen molar-refractivity contribution in [3.8, 4) is 0 Å². The van der Waals surface area contributed by atoms with E-state index in [2.05, 4.69) is 10.3 Å². The molecular formula is C12H17N3O3S. The van der Waals surface area contributed by atoms with E-state index in [1.54, 1.807) is 13.8 Å². The number of nitrogens with one attached hydrogen (secondary N) is 1. The lowest BCUT2D eigenvalue weighted by atomic mass is 10.3. The van der Waals surface area contributed by atoms with Gasteiger partial charge in [-0.2, -0.15) is 0 Å². The molecule has 0 bridgehead atoms. The fourth-order valence-corrected chi connectivity index (χ4v) is 3.08. The van der Waals surface area contributed by atoms with Crippen LogP contribution in [0.4, 0.5) is 9.93 Å². The zero-order valence-electron chi connectivity index (χ0n) is 11.0. The molecule has 0 fully saturated rings. The van der Waals surface area contributed by atoms with Crippen molar-refractivity contribution in [2.75, 3.05) is 11.9 Å². The van der Waals surface area contributed by atoms with E-state index < -0.39 is 12.0 Å². The van der Waals surface area contributed by atoms with Crippen LogP contribution in [0, 0.1) is 0 Å². The van der Waals surface area contributed by atoms with Gasteiger partial charge in [-0.1, -0.05) is 0 Å². The largest absolute Gasteiger partial charge is 0.480 e. The summed E-state index contributed by atoms with van der Waals surface area (Å²) in [4.78, 5) is 29.6. The zero-order valence-corrected chi connectivity index (χ0v) is 11.8. The first-order chi connectivity index (χ1) is 8.97. The normalized spacial score (nSPS) is 13.4. The molecule has 2 rings (SSSR count). The molecule has 0 unspecified atom stereocenters. The molecule has 2 N–H and O–H groups in total. The lowest BCUT2D eigenvalue weighted by Gasteiger charge is -2.24. The number of hydrogen-bond donors (Lipinski definition) is 2. The van der Waals surface area contributed by atoms with Crippen LogP contribution in [0.5, 0.6) is 0 Å². The minimum absolute atomic E-state index is 0.178. The Labute approximate surface area is 115 Å². The SMILES string of the molecule is CC(C)N(CC(=O)O)C(=O)Nc1nc2c(s1)CCC2. The van der Waals surface area contributed by atoms with Crippen molar-refractivity contribution in [3.05, 3.63) is 10.6 Å². The second-order valence-electron chi connectivity index (χ2n) is 4.79. The Morgan fingerprint density at radius 3 is 2.79 bits per heavy atom. The molecule has 1 aliphatic carbocycles. The van der Waals surface area contributed by atoms with Crippen LogP contribution < -0.4 is 5.32 Å². The highest BCUT2D eigenvalue weighted by atomic mass is 32.1. The molecule has 0 aliphatic heterocycles. The van der Waals surface area contributed by atoms with Gasteiger partial charge in [-0.05, 0) is 33.1 Å². The lowest BCUT2D eigenvalue weighted by molar-refractivity contribution is -0.137. The number of nitrogens with zero attached hydrogens (tertiary/aromatic N) is 2. The number of aromatic nitrogens is 1. The highest BCUT2D eigenvalue weighted by molar-refractivity contribution is 7.15. The summed E-state index contributed by atoms with van der Waals surface area (Å²) in [5.74, 6) is -1.02. The number of amides is 2. The second kappa shape index (κ2) is 5.56. The smallest absolute Gasteiger partial charge is 0.324 e. The van der Waals surface area contributed by atoms with E-state index in [4.69, 9.17) is 5.11 Å². The topological polar surface area (TPSA) is 82.5 Å². The van der Waals surface area contributed by atoms with Gasteiger partial charge >= 0.3 is 12.0 Å². The van der Waals surface area contributed by atoms with Gasteiger partial charge < -0.3 is 10.0 Å². The molecule has 0 atom stereocenters. The van der Waals surface area contributed by atoms with Gasteiger partial charge in [-0.25, -0.2) is 9.78 Å². The fourth-order valence-electron chi connectivity index (χ4n) is 2.04. The van der Waals surface area contributed by atoms with Crippen LogP contribution in [0.25, 0.3) is 0 Å². The summed E-state index contributed by atoms with van der Waals surface area (Å²) in [5, 5.41) is 12.1. The van der Waals surface area contributed by atoms with Gasteiger partial charge in [-0.3, -0.25) is 10.1 Å². The molecule has 0 saturated heterocycles. The highest BCUT2D eigenvalue weighted by Gasteiger charge is 2.22. The maximum atomic E-state index is 12.0. The summed E-state index contributed by atoms with van der Waals surface area (Å²) < 4.78 is 0. The Morgan fingerprint density at radius 1 is 1.47 bits per heavy atom. The molecule has 0 radical (unpaired) electrons. The molecule has 1 aliphatic rings. The number of anilines is 1. The Hall–Kier alpha value is -1.63. The third-order valence-corrected chi connectivity index (χ3v) is 4.07. The molecule has 19 heavy (non-hydrogen) atoms. The van der Waals surface area contributed by atoms with E-state index in [0.29, 0.717) is 5.13 Å². The van der Waals surface area contributed by atoms with E-state index in [-0.39, 0.29) is 12.6 Å². The number of urea groups is 1. The average molecular weight is 283 g/mol. The highest BCUT2D eigenvalue weighted by Crippen LogP contribution is 2.30. The number of fused-ring (bicyclic) bond motifs is 1. The van der Waals surface area contributed by atoms with Crippen LogP contribution in [-0.2, 0) is 17.6 Å². The molecule has 104 valence electrons. The molecule has 0 saturated carbocycles. The Morgan fingerprint density at radius 2 is 2.21 bits per heavy atom. The molecule has 1 aromatic heterocycles. The van der Waals surface area contributed by atoms with Crippen LogP contribution in [0.15, 0.2) is 0 Å². The molecule has 1 aromatic rings. The summed E-state index contributed by atoms with van der Waals surface area (Å²) in [6.45, 7) is 3.25. The van der Waals surface area contributed by atoms with E-state index in [1.807, 2.05) is 0 Å². The quantitative estimate of drug-likeness (QED) is 0.885. The maximum Gasteiger partial charge on any atom is 0.324 e. The number of rotatable bonds is 4. The number of carbonyl (C=O) groups is 2. The minimum Gasteiger partial charge on any atom is -0.480 e. The van der Waals surface area contributed by atoms with Crippen molar-refractivity contribution in [1.82, 2.24) is 9.88 Å². The number of aliphatic carboxylic acids is 1. The minimum atomic E-state index is -1.02. The standard InChI is InChI=1S/C12H17N3O3S/c1-7(2)15(6-10(16)17)12(18)14-11-13-8-4-3-5-9(8)19-11/h7H,3-6H2,1-2H3,(H,16,17)(H,13,14,18). The monoisotopic (exact) mass is 283 g/mol. The third-order valence-electron chi connectivity index (χ3n) is 3.00. The van der Waals surface area contributed by atoms with Gasteiger partial charge in [0.15, 0.2) is 5.13 Å². The average Bonchev–Trinajstić information content (AvgIpc) is 2.85. The first-order valence-corrected chi connectivity index (χ1v) is 7.07. The molecule has 2 amide bonds. The van der Waals surface area contributed by atoms with Crippen LogP contribution in [0.2, 0.25) is 0 Å². The predicted octanol–water partition coefficient (Wildman–Crippen LogP) is 1.96. The van der Waals surface area contributed by atoms with Crippen LogP contribution in [0.1, 0.15) is 30.8 Å². The molecule has 6 nitrogen and oxygen atoms in total. The van der Waals surface area contributed by atoms with Crippen LogP contribution in [-0.4, -0.2) is 39.6 Å². The number of hydrogen-bond acceptors (Lipinski definition) is 4. The summed E-state index contributed by atoms with van der Waals surface area (Å²) in [6, 6.07) is -0.590. The fraction of sp³-hybridized carbons (Fsp3) is 0.583. The summed E-state index contributed by atoms with van der Waals surface area (Å²) in [5.41, 5.74) is 1.06. The van der Waals surface area contributed by atoms with Crippen molar-refractivity contribution in [3.63, 3.8) is 0 Å². The molecule has 0 aromatic carbocycles. The Kier molecular flexibility index (Phi) is 4.04.